The van der Waals surface area contributed by atoms with Gasteiger partial charge in [-0.3, -0.25) is 13.9 Å². The van der Waals surface area contributed by atoms with Crippen molar-refractivity contribution in [3.8, 4) is 11.4 Å². The Hall–Kier alpha value is -2.94. The number of imidazole rings is 1. The Labute approximate surface area is 210 Å². The van der Waals surface area contributed by atoms with Crippen LogP contribution in [0.4, 0.5) is 4.39 Å². The van der Waals surface area contributed by atoms with E-state index in [0.29, 0.717) is 40.9 Å². The van der Waals surface area contributed by atoms with Gasteiger partial charge in [0.1, 0.15) is 28.4 Å². The van der Waals surface area contributed by atoms with E-state index in [1.54, 1.807) is 51.6 Å². The molecule has 0 bridgehead atoms. The van der Waals surface area contributed by atoms with Crippen molar-refractivity contribution in [3.63, 3.8) is 0 Å². The molecule has 0 saturated carbocycles. The lowest BCUT2D eigenvalue weighted by molar-refractivity contribution is 0.0911. The van der Waals surface area contributed by atoms with Crippen LogP contribution in [0.1, 0.15) is 63.4 Å². The number of carbonyl (C=O) groups excluding carboxylic acids is 1. The highest BCUT2D eigenvalue weighted by Crippen LogP contribution is 2.37. The molecule has 9 heteroatoms. The van der Waals surface area contributed by atoms with Crippen molar-refractivity contribution in [1.82, 2.24) is 9.13 Å². The summed E-state index contributed by atoms with van der Waals surface area (Å²) in [7, 11) is -3.02. The number of carbonyl (C=O) groups is 1. The van der Waals surface area contributed by atoms with Crippen LogP contribution in [0.5, 0.6) is 5.75 Å². The van der Waals surface area contributed by atoms with Gasteiger partial charge in [0, 0.05) is 24.1 Å². The molecule has 0 spiro atoms. The fourth-order valence-electron chi connectivity index (χ4n) is 4.76. The third kappa shape index (κ3) is 5.40. The first-order valence-electron chi connectivity index (χ1n) is 12.3. The molecule has 4 rings (SSSR count). The third-order valence-electron chi connectivity index (χ3n) is 6.89. The summed E-state index contributed by atoms with van der Waals surface area (Å²) in [4.78, 5) is 26.7. The standard InChI is InChI=1S/C27H33FN2O5S/c1-18(2)29-24-14-20(25(31)16-27(4)10-12-36(33,34)13-11-27)8-9-23(24)30(26(29)32)21-6-5-7-22(15-21)35-17-19(3)28/h5-9,14-15,18-19H,10-13,16-17H2,1-4H3. The van der Waals surface area contributed by atoms with Crippen LogP contribution >= 0.6 is 0 Å². The average Bonchev–Trinajstić information content (AvgIpc) is 3.11. The molecule has 36 heavy (non-hydrogen) atoms. The third-order valence-corrected chi connectivity index (χ3v) is 8.54. The Morgan fingerprint density at radius 2 is 1.78 bits per heavy atom. The predicted octanol–water partition coefficient (Wildman–Crippen LogP) is 4.90. The van der Waals surface area contributed by atoms with Crippen molar-refractivity contribution in [2.24, 2.45) is 5.41 Å². The Kier molecular flexibility index (Phi) is 7.14. The van der Waals surface area contributed by atoms with Gasteiger partial charge >= 0.3 is 5.69 Å². The second-order valence-electron chi connectivity index (χ2n) is 10.4. The van der Waals surface area contributed by atoms with E-state index >= 15 is 0 Å². The van der Waals surface area contributed by atoms with E-state index in [9.17, 15) is 22.4 Å². The molecule has 0 aliphatic carbocycles. The Balaban J connectivity index is 1.71. The summed E-state index contributed by atoms with van der Waals surface area (Å²) in [6, 6.07) is 12.0. The molecule has 1 atom stereocenters. The number of sulfone groups is 1. The first-order chi connectivity index (χ1) is 16.9. The summed E-state index contributed by atoms with van der Waals surface area (Å²) >= 11 is 0. The van der Waals surface area contributed by atoms with Crippen molar-refractivity contribution in [2.75, 3.05) is 18.1 Å². The van der Waals surface area contributed by atoms with Crippen molar-refractivity contribution >= 4 is 26.7 Å². The minimum Gasteiger partial charge on any atom is -0.490 e. The molecule has 1 aromatic heterocycles. The second-order valence-corrected chi connectivity index (χ2v) is 12.7. The number of ketones is 1. The normalized spacial score (nSPS) is 17.8. The van der Waals surface area contributed by atoms with Gasteiger partial charge in [-0.25, -0.2) is 17.6 Å². The molecule has 1 unspecified atom stereocenters. The molecule has 194 valence electrons. The summed E-state index contributed by atoms with van der Waals surface area (Å²) in [6.07, 6.45) is 0.0781. The molecule has 7 nitrogen and oxygen atoms in total. The molecule has 2 aromatic carbocycles. The van der Waals surface area contributed by atoms with E-state index < -0.39 is 16.0 Å². The van der Waals surface area contributed by atoms with Gasteiger partial charge in [0.05, 0.1) is 28.2 Å². The Morgan fingerprint density at radius 3 is 2.42 bits per heavy atom. The maximum Gasteiger partial charge on any atom is 0.333 e. The van der Waals surface area contributed by atoms with E-state index in [0.717, 1.165) is 0 Å². The van der Waals surface area contributed by atoms with Crippen LogP contribution in [0, 0.1) is 5.41 Å². The van der Waals surface area contributed by atoms with Crippen LogP contribution in [0.15, 0.2) is 47.3 Å². The number of alkyl halides is 1. The Bertz CT molecular complexity index is 1440. The van der Waals surface area contributed by atoms with Gasteiger partial charge in [-0.05, 0) is 69.4 Å². The van der Waals surface area contributed by atoms with E-state index in [-0.39, 0.29) is 47.5 Å². The van der Waals surface area contributed by atoms with Crippen molar-refractivity contribution in [1.29, 1.82) is 0 Å². The van der Waals surface area contributed by atoms with Crippen LogP contribution in [0.3, 0.4) is 0 Å². The lowest BCUT2D eigenvalue weighted by Crippen LogP contribution is -2.33. The number of halogens is 1. The molecule has 1 fully saturated rings. The number of Topliss-reactive ketones (excluding diaryl/α,β-unsaturated/α-hetero) is 1. The number of ether oxygens (including phenoxy) is 1. The van der Waals surface area contributed by atoms with Crippen LogP contribution in [0.25, 0.3) is 16.7 Å². The molecule has 1 aliphatic rings. The molecular weight excluding hydrogens is 483 g/mol. The van der Waals surface area contributed by atoms with Gasteiger partial charge in [-0.15, -0.1) is 0 Å². The van der Waals surface area contributed by atoms with Gasteiger partial charge in [0.2, 0.25) is 0 Å². The number of aromatic nitrogens is 2. The first kappa shape index (κ1) is 26.1. The highest BCUT2D eigenvalue weighted by atomic mass is 32.2. The molecule has 1 saturated heterocycles. The SMILES string of the molecule is CC(F)COc1cccc(-n2c(=O)n(C(C)C)c3cc(C(=O)CC4(C)CCS(=O)(=O)CC4)ccc32)c1. The summed E-state index contributed by atoms with van der Waals surface area (Å²) in [5, 5.41) is 0. The maximum atomic E-state index is 13.5. The zero-order chi connectivity index (χ0) is 26.3. The Morgan fingerprint density at radius 1 is 1.08 bits per heavy atom. The number of nitrogens with zero attached hydrogens (tertiary/aromatic N) is 2. The van der Waals surface area contributed by atoms with Gasteiger partial charge < -0.3 is 4.74 Å². The zero-order valence-electron chi connectivity index (χ0n) is 21.2. The molecule has 0 radical (unpaired) electrons. The summed E-state index contributed by atoms with van der Waals surface area (Å²) in [6.45, 7) is 7.12. The molecule has 2 heterocycles. The summed E-state index contributed by atoms with van der Waals surface area (Å²) < 4.78 is 45.6. The van der Waals surface area contributed by atoms with Gasteiger partial charge in [-0.2, -0.15) is 0 Å². The lowest BCUT2D eigenvalue weighted by atomic mass is 9.78. The van der Waals surface area contributed by atoms with E-state index in [4.69, 9.17) is 4.74 Å². The van der Waals surface area contributed by atoms with Crippen LogP contribution in [-0.4, -0.2) is 47.6 Å². The highest BCUT2D eigenvalue weighted by Gasteiger charge is 2.35. The summed E-state index contributed by atoms with van der Waals surface area (Å²) in [5.74, 6) is 0.616. The predicted molar refractivity (Wildman–Crippen MR) is 139 cm³/mol. The minimum absolute atomic E-state index is 0.0649. The number of hydrogen-bond acceptors (Lipinski definition) is 5. The lowest BCUT2D eigenvalue weighted by Gasteiger charge is -2.32. The smallest absolute Gasteiger partial charge is 0.333 e. The zero-order valence-corrected chi connectivity index (χ0v) is 22.0. The van der Waals surface area contributed by atoms with Crippen molar-refractivity contribution < 1.29 is 22.3 Å². The maximum absolute atomic E-state index is 13.5. The van der Waals surface area contributed by atoms with Gasteiger partial charge in [-0.1, -0.05) is 13.0 Å². The van der Waals surface area contributed by atoms with Crippen LogP contribution in [-0.2, 0) is 9.84 Å². The van der Waals surface area contributed by atoms with E-state index in [1.807, 2.05) is 20.8 Å². The van der Waals surface area contributed by atoms with E-state index in [1.165, 1.54) is 6.92 Å². The monoisotopic (exact) mass is 516 g/mol. The topological polar surface area (TPSA) is 87.4 Å². The highest BCUT2D eigenvalue weighted by molar-refractivity contribution is 7.91. The molecule has 0 amide bonds. The van der Waals surface area contributed by atoms with Gasteiger partial charge in [0.15, 0.2) is 5.78 Å². The number of fused-ring (bicyclic) bond motifs is 1. The van der Waals surface area contributed by atoms with E-state index in [2.05, 4.69) is 0 Å². The largest absolute Gasteiger partial charge is 0.490 e. The molecule has 3 aromatic rings. The number of benzene rings is 2. The van der Waals surface area contributed by atoms with Crippen LogP contribution in [0.2, 0.25) is 0 Å². The first-order valence-corrected chi connectivity index (χ1v) is 14.1. The fraction of sp³-hybridized carbons (Fsp3) is 0.481. The second kappa shape index (κ2) is 9.84. The molecule has 1 aliphatic heterocycles. The minimum atomic E-state index is -3.02. The van der Waals surface area contributed by atoms with Crippen LogP contribution < -0.4 is 10.4 Å². The quantitative estimate of drug-likeness (QED) is 0.398. The van der Waals surface area contributed by atoms with Gasteiger partial charge in [0.25, 0.3) is 0 Å². The number of hydrogen-bond donors (Lipinski definition) is 0. The van der Waals surface area contributed by atoms with Crippen molar-refractivity contribution in [3.05, 3.63) is 58.5 Å². The average molecular weight is 517 g/mol. The molecule has 0 N–H and O–H groups in total. The van der Waals surface area contributed by atoms with Crippen molar-refractivity contribution in [2.45, 2.75) is 59.2 Å². The summed E-state index contributed by atoms with van der Waals surface area (Å²) in [5.41, 5.74) is 1.77. The number of rotatable bonds is 8. The molecular formula is C27H33FN2O5S. The fourth-order valence-corrected chi connectivity index (χ4v) is 6.57.